The fourth-order valence-electron chi connectivity index (χ4n) is 3.62. The van der Waals surface area contributed by atoms with Gasteiger partial charge in [-0.05, 0) is 43.9 Å². The zero-order valence-electron chi connectivity index (χ0n) is 8.05. The molecule has 0 radical (unpaired) electrons. The molecule has 0 aromatic heterocycles. The summed E-state index contributed by atoms with van der Waals surface area (Å²) in [5.74, 6) is 0.625. The zero-order chi connectivity index (χ0) is 8.60. The Kier molecular flexibility index (Phi) is 2.16. The lowest BCUT2D eigenvalue weighted by Crippen LogP contribution is -2.30. The molecule has 2 fully saturated rings. The molecule has 0 amide bonds. The van der Waals surface area contributed by atoms with Crippen LogP contribution in [0.1, 0.15) is 51.9 Å². The summed E-state index contributed by atoms with van der Waals surface area (Å²) in [6.07, 6.45) is 9.55. The minimum absolute atomic E-state index is 0.0643. The van der Waals surface area contributed by atoms with Gasteiger partial charge in [0.05, 0.1) is 6.10 Å². The van der Waals surface area contributed by atoms with Crippen molar-refractivity contribution in [3.63, 3.8) is 0 Å². The second kappa shape index (κ2) is 3.02. The van der Waals surface area contributed by atoms with Crippen molar-refractivity contribution in [3.05, 3.63) is 0 Å². The minimum atomic E-state index is -0.0643. The van der Waals surface area contributed by atoms with Gasteiger partial charge in [0.15, 0.2) is 0 Å². The van der Waals surface area contributed by atoms with Gasteiger partial charge in [0.25, 0.3) is 0 Å². The summed E-state index contributed by atoms with van der Waals surface area (Å²) < 4.78 is 0. The number of hydrogen-bond donors (Lipinski definition) is 1. The maximum Gasteiger partial charge on any atom is 0.0545 e. The summed E-state index contributed by atoms with van der Waals surface area (Å²) in [6.45, 7) is 1.98. The highest BCUT2D eigenvalue weighted by molar-refractivity contribution is 4.96. The molecule has 0 aliphatic heterocycles. The molecule has 2 aliphatic rings. The highest BCUT2D eigenvalue weighted by Gasteiger charge is 2.46. The minimum Gasteiger partial charge on any atom is -0.393 e. The third-order valence-corrected chi connectivity index (χ3v) is 4.16. The van der Waals surface area contributed by atoms with Crippen LogP contribution >= 0.6 is 0 Å². The SMILES string of the molecule is CC(O)C1CCCC12CCCC2. The van der Waals surface area contributed by atoms with Crippen LogP contribution in [-0.2, 0) is 0 Å². The summed E-state index contributed by atoms with van der Waals surface area (Å²) in [5.41, 5.74) is 0.578. The topological polar surface area (TPSA) is 20.2 Å². The monoisotopic (exact) mass is 168 g/mol. The third kappa shape index (κ3) is 1.19. The van der Waals surface area contributed by atoms with Crippen molar-refractivity contribution in [2.24, 2.45) is 11.3 Å². The van der Waals surface area contributed by atoms with Crippen molar-refractivity contribution in [2.75, 3.05) is 0 Å². The molecular weight excluding hydrogens is 148 g/mol. The van der Waals surface area contributed by atoms with Crippen molar-refractivity contribution < 1.29 is 5.11 Å². The molecule has 1 nitrogen and oxygen atoms in total. The normalized spacial score (nSPS) is 36.0. The van der Waals surface area contributed by atoms with Gasteiger partial charge in [-0.3, -0.25) is 0 Å². The van der Waals surface area contributed by atoms with Gasteiger partial charge in [0.2, 0.25) is 0 Å². The lowest BCUT2D eigenvalue weighted by Gasteiger charge is -2.33. The second-order valence-electron chi connectivity index (χ2n) is 4.81. The van der Waals surface area contributed by atoms with E-state index >= 15 is 0 Å². The third-order valence-electron chi connectivity index (χ3n) is 4.16. The van der Waals surface area contributed by atoms with E-state index in [0.717, 1.165) is 0 Å². The maximum atomic E-state index is 9.68. The van der Waals surface area contributed by atoms with Gasteiger partial charge < -0.3 is 5.11 Å². The lowest BCUT2D eigenvalue weighted by molar-refractivity contribution is 0.0520. The van der Waals surface area contributed by atoms with Gasteiger partial charge in [-0.15, -0.1) is 0 Å². The fraction of sp³-hybridized carbons (Fsp3) is 1.00. The van der Waals surface area contributed by atoms with Crippen molar-refractivity contribution >= 4 is 0 Å². The first-order valence-corrected chi connectivity index (χ1v) is 5.43. The Labute approximate surface area is 75.2 Å². The van der Waals surface area contributed by atoms with Crippen LogP contribution in [0.2, 0.25) is 0 Å². The smallest absolute Gasteiger partial charge is 0.0545 e. The van der Waals surface area contributed by atoms with Crippen molar-refractivity contribution in [3.8, 4) is 0 Å². The predicted octanol–water partition coefficient (Wildman–Crippen LogP) is 2.73. The van der Waals surface area contributed by atoms with Gasteiger partial charge in [-0.25, -0.2) is 0 Å². The van der Waals surface area contributed by atoms with E-state index in [2.05, 4.69) is 0 Å². The molecule has 2 aliphatic carbocycles. The summed E-state index contributed by atoms with van der Waals surface area (Å²) in [7, 11) is 0. The molecule has 0 aromatic carbocycles. The Hall–Kier alpha value is -0.0400. The summed E-state index contributed by atoms with van der Waals surface area (Å²) in [5, 5.41) is 9.68. The Morgan fingerprint density at radius 3 is 2.33 bits per heavy atom. The fourth-order valence-corrected chi connectivity index (χ4v) is 3.62. The molecule has 1 heteroatoms. The molecule has 12 heavy (non-hydrogen) atoms. The Balaban J connectivity index is 2.12. The van der Waals surface area contributed by atoms with E-state index in [-0.39, 0.29) is 6.10 Å². The Morgan fingerprint density at radius 2 is 1.75 bits per heavy atom. The van der Waals surface area contributed by atoms with Crippen LogP contribution in [0.5, 0.6) is 0 Å². The quantitative estimate of drug-likeness (QED) is 0.638. The van der Waals surface area contributed by atoms with E-state index in [9.17, 15) is 5.11 Å². The molecule has 1 spiro atoms. The summed E-state index contributed by atoms with van der Waals surface area (Å²) >= 11 is 0. The average Bonchev–Trinajstić information content (AvgIpc) is 2.61. The van der Waals surface area contributed by atoms with E-state index in [1.165, 1.54) is 44.9 Å². The molecule has 2 atom stereocenters. The van der Waals surface area contributed by atoms with Crippen LogP contribution in [-0.4, -0.2) is 11.2 Å². The molecule has 0 saturated heterocycles. The molecule has 0 bridgehead atoms. The van der Waals surface area contributed by atoms with Gasteiger partial charge in [0, 0.05) is 0 Å². The van der Waals surface area contributed by atoms with Crippen molar-refractivity contribution in [1.82, 2.24) is 0 Å². The Morgan fingerprint density at radius 1 is 1.17 bits per heavy atom. The summed E-state index contributed by atoms with van der Waals surface area (Å²) in [6, 6.07) is 0. The molecule has 2 unspecified atom stereocenters. The first-order chi connectivity index (χ1) is 5.75. The van der Waals surface area contributed by atoms with Crippen LogP contribution in [0.3, 0.4) is 0 Å². The standard InChI is InChI=1S/C11H20O/c1-9(12)10-5-4-8-11(10)6-2-3-7-11/h9-10,12H,2-8H2,1H3. The summed E-state index contributed by atoms with van der Waals surface area (Å²) in [4.78, 5) is 0. The highest BCUT2D eigenvalue weighted by atomic mass is 16.3. The van der Waals surface area contributed by atoms with E-state index in [1.54, 1.807) is 0 Å². The van der Waals surface area contributed by atoms with Gasteiger partial charge in [-0.2, -0.15) is 0 Å². The van der Waals surface area contributed by atoms with E-state index in [0.29, 0.717) is 11.3 Å². The van der Waals surface area contributed by atoms with Crippen LogP contribution in [0.4, 0.5) is 0 Å². The lowest BCUT2D eigenvalue weighted by atomic mass is 9.74. The molecule has 1 N–H and O–H groups in total. The van der Waals surface area contributed by atoms with Crippen molar-refractivity contribution in [1.29, 1.82) is 0 Å². The van der Waals surface area contributed by atoms with Gasteiger partial charge in [0.1, 0.15) is 0 Å². The predicted molar refractivity (Wildman–Crippen MR) is 49.9 cm³/mol. The molecule has 0 heterocycles. The number of aliphatic hydroxyl groups is 1. The number of hydrogen-bond acceptors (Lipinski definition) is 1. The first-order valence-electron chi connectivity index (χ1n) is 5.43. The number of aliphatic hydroxyl groups excluding tert-OH is 1. The van der Waals surface area contributed by atoms with Gasteiger partial charge in [-0.1, -0.05) is 19.3 Å². The van der Waals surface area contributed by atoms with E-state index in [1.807, 2.05) is 6.92 Å². The van der Waals surface area contributed by atoms with Crippen LogP contribution in [0.25, 0.3) is 0 Å². The second-order valence-corrected chi connectivity index (χ2v) is 4.81. The molecule has 2 saturated carbocycles. The largest absolute Gasteiger partial charge is 0.393 e. The first kappa shape index (κ1) is 8.55. The molecule has 70 valence electrons. The van der Waals surface area contributed by atoms with Crippen LogP contribution < -0.4 is 0 Å². The average molecular weight is 168 g/mol. The van der Waals surface area contributed by atoms with Crippen molar-refractivity contribution in [2.45, 2.75) is 58.0 Å². The van der Waals surface area contributed by atoms with E-state index < -0.39 is 0 Å². The van der Waals surface area contributed by atoms with Crippen LogP contribution in [0, 0.1) is 11.3 Å². The molecular formula is C11H20O. The maximum absolute atomic E-state index is 9.68. The Bertz CT molecular complexity index is 151. The number of rotatable bonds is 1. The zero-order valence-corrected chi connectivity index (χ0v) is 8.05. The molecule has 0 aromatic rings. The van der Waals surface area contributed by atoms with Crippen LogP contribution in [0.15, 0.2) is 0 Å². The van der Waals surface area contributed by atoms with Gasteiger partial charge >= 0.3 is 0 Å². The van der Waals surface area contributed by atoms with E-state index in [4.69, 9.17) is 0 Å². The highest BCUT2D eigenvalue weighted by Crippen LogP contribution is 2.55. The molecule has 2 rings (SSSR count).